The van der Waals surface area contributed by atoms with Gasteiger partial charge in [0.25, 0.3) is 0 Å². The Balaban J connectivity index is 1.62. The number of imidazole rings is 1. The van der Waals surface area contributed by atoms with Crippen LogP contribution in [0.25, 0.3) is 5.65 Å². The number of alkyl halides is 2. The fourth-order valence-corrected chi connectivity index (χ4v) is 6.23. The second-order valence-corrected chi connectivity index (χ2v) is 15.4. The van der Waals surface area contributed by atoms with Crippen LogP contribution < -0.4 is 10.0 Å². The van der Waals surface area contributed by atoms with E-state index in [-0.39, 0.29) is 37.6 Å². The van der Waals surface area contributed by atoms with Crippen molar-refractivity contribution in [3.63, 3.8) is 0 Å². The number of nitrogens with zero attached hydrogens (tertiary/aromatic N) is 3. The number of carbonyl (C=O) groups excluding carboxylic acids is 1. The molecule has 9 nitrogen and oxygen atoms in total. The van der Waals surface area contributed by atoms with Crippen LogP contribution in [0.2, 0.25) is 0 Å². The van der Waals surface area contributed by atoms with Crippen molar-refractivity contribution in [1.82, 2.24) is 24.6 Å². The molecule has 1 saturated carbocycles. The Labute approximate surface area is 244 Å². The van der Waals surface area contributed by atoms with Crippen molar-refractivity contribution < 1.29 is 27.6 Å². The highest BCUT2D eigenvalue weighted by Crippen LogP contribution is 2.41. The van der Waals surface area contributed by atoms with Gasteiger partial charge in [0, 0.05) is 37.4 Å². The van der Waals surface area contributed by atoms with Crippen LogP contribution in [-0.4, -0.2) is 54.7 Å². The van der Waals surface area contributed by atoms with Gasteiger partial charge in [0.15, 0.2) is 5.65 Å². The lowest BCUT2D eigenvalue weighted by molar-refractivity contribution is -0.0500. The number of aromatic nitrogens is 3. The highest BCUT2D eigenvalue weighted by molar-refractivity contribution is 7.90. The monoisotopic (exact) mass is 597 g/mol. The number of hydrogen-bond donors (Lipinski definition) is 2. The summed E-state index contributed by atoms with van der Waals surface area (Å²) in [4.78, 5) is 17.6. The first-order valence-corrected chi connectivity index (χ1v) is 15.7. The van der Waals surface area contributed by atoms with Crippen molar-refractivity contribution in [2.45, 2.75) is 115 Å². The minimum absolute atomic E-state index is 0.202. The number of alkyl carbamates (subject to hydrolysis) is 1. The van der Waals surface area contributed by atoms with Crippen LogP contribution in [0, 0.1) is 11.8 Å². The van der Waals surface area contributed by atoms with E-state index in [0.29, 0.717) is 17.3 Å². The smallest absolute Gasteiger partial charge is 0.408 e. The summed E-state index contributed by atoms with van der Waals surface area (Å²) in [5, 5.41) is 7.51. The Hall–Kier alpha value is -2.02. The lowest BCUT2D eigenvalue weighted by Gasteiger charge is -2.33. The minimum atomic E-state index is -2.69. The first-order chi connectivity index (χ1) is 19.1. The van der Waals surface area contributed by atoms with Gasteiger partial charge in [-0.25, -0.2) is 23.1 Å². The molecule has 0 aromatic carbocycles. The summed E-state index contributed by atoms with van der Waals surface area (Å²) in [5.41, 5.74) is 1.27. The third kappa shape index (κ3) is 8.98. The Morgan fingerprint density at radius 3 is 2.46 bits per heavy atom. The molecule has 1 aliphatic carbocycles. The molecule has 1 saturated heterocycles. The number of fused-ring (bicyclic) bond motifs is 1. The maximum atomic E-state index is 14.0. The van der Waals surface area contributed by atoms with E-state index in [1.807, 2.05) is 26.8 Å². The average Bonchev–Trinajstić information content (AvgIpc) is 3.29. The van der Waals surface area contributed by atoms with Crippen molar-refractivity contribution in [2.75, 3.05) is 13.2 Å². The molecule has 4 rings (SSSR count). The molecule has 3 heterocycles. The largest absolute Gasteiger partial charge is 0.598 e. The molecular formula is C29H45F2N5O4S. The molecule has 2 fully saturated rings. The number of rotatable bonds is 8. The van der Waals surface area contributed by atoms with Crippen LogP contribution in [0.4, 0.5) is 13.6 Å². The topological polar surface area (TPSA) is 113 Å². The maximum absolute atomic E-state index is 14.0. The Morgan fingerprint density at radius 1 is 1.20 bits per heavy atom. The normalized spacial score (nSPS) is 21.4. The molecule has 2 N–H and O–H groups in total. The van der Waals surface area contributed by atoms with Gasteiger partial charge in [-0.05, 0) is 97.1 Å². The Bertz CT molecular complexity index is 1170. The number of amides is 1. The zero-order valence-corrected chi connectivity index (χ0v) is 25.9. The molecule has 12 heteroatoms. The summed E-state index contributed by atoms with van der Waals surface area (Å²) in [5.74, 6) is -2.48. The number of hydrogen-bond acceptors (Lipinski definition) is 7. The molecule has 2 aliphatic rings. The molecule has 230 valence electrons. The molecule has 2 aromatic heterocycles. The second-order valence-electron chi connectivity index (χ2n) is 13.4. The first kappa shape index (κ1) is 31.9. The minimum Gasteiger partial charge on any atom is -0.598 e. The van der Waals surface area contributed by atoms with E-state index in [4.69, 9.17) is 14.5 Å². The lowest BCUT2D eigenvalue weighted by Crippen LogP contribution is -2.42. The molecule has 0 radical (unpaired) electrons. The summed E-state index contributed by atoms with van der Waals surface area (Å²) < 4.78 is 56.6. The van der Waals surface area contributed by atoms with Gasteiger partial charge in [0.1, 0.15) is 10.3 Å². The summed E-state index contributed by atoms with van der Waals surface area (Å²) in [6, 6.07) is 1.12. The SMILES string of the molecule is CC(C)(C)OC(=O)N[C@H](c1cn2ncc([C@@H](CC3CCOCC3)N[S+]([O-])C(C)(C)C)cc2n1)C1CCC(F)(F)CC1. The Morgan fingerprint density at radius 2 is 1.85 bits per heavy atom. The quantitative estimate of drug-likeness (QED) is 0.357. The second kappa shape index (κ2) is 12.7. The summed E-state index contributed by atoms with van der Waals surface area (Å²) >= 11 is -1.29. The van der Waals surface area contributed by atoms with E-state index < -0.39 is 39.8 Å². The highest BCUT2D eigenvalue weighted by Gasteiger charge is 2.40. The third-order valence-electron chi connectivity index (χ3n) is 7.70. The molecule has 1 unspecified atom stereocenters. The van der Waals surface area contributed by atoms with Gasteiger partial charge in [-0.3, -0.25) is 0 Å². The number of ether oxygens (including phenoxy) is 2. The van der Waals surface area contributed by atoms with Crippen molar-refractivity contribution >= 4 is 23.1 Å². The summed E-state index contributed by atoms with van der Waals surface area (Å²) in [6.45, 7) is 12.6. The predicted octanol–water partition coefficient (Wildman–Crippen LogP) is 6.03. The van der Waals surface area contributed by atoms with Gasteiger partial charge in [-0.15, -0.1) is 4.72 Å². The first-order valence-electron chi connectivity index (χ1n) is 14.6. The average molecular weight is 598 g/mol. The van der Waals surface area contributed by atoms with Gasteiger partial charge >= 0.3 is 6.09 Å². The molecule has 1 amide bonds. The molecule has 41 heavy (non-hydrogen) atoms. The van der Waals surface area contributed by atoms with Crippen molar-refractivity contribution in [3.8, 4) is 0 Å². The number of halogens is 2. The van der Waals surface area contributed by atoms with Gasteiger partial charge in [0.2, 0.25) is 5.92 Å². The standard InChI is InChI=1S/C29H45F2N5O4S/c1-27(2,3)40-26(37)34-25(20-7-11-29(30,31)12-8-20)23-18-36-24(33-23)16-21(17-32-36)22(35-41(38)28(4,5)6)15-19-9-13-39-14-10-19/h16-20,22,25,35H,7-15H2,1-6H3,(H,34,37)/t22-,25+,41?/m1/s1. The van der Waals surface area contributed by atoms with E-state index in [1.54, 1.807) is 37.7 Å². The molecular weight excluding hydrogens is 552 g/mol. The van der Waals surface area contributed by atoms with Crippen molar-refractivity contribution in [2.24, 2.45) is 11.8 Å². The molecule has 2 aromatic rings. The van der Waals surface area contributed by atoms with Gasteiger partial charge in [0.05, 0.1) is 30.2 Å². The Kier molecular flexibility index (Phi) is 9.87. The van der Waals surface area contributed by atoms with E-state index in [9.17, 15) is 18.1 Å². The van der Waals surface area contributed by atoms with Crippen molar-refractivity contribution in [1.29, 1.82) is 0 Å². The fourth-order valence-electron chi connectivity index (χ4n) is 5.39. The molecule has 0 spiro atoms. The van der Waals surface area contributed by atoms with E-state index >= 15 is 0 Å². The zero-order chi connectivity index (χ0) is 30.0. The van der Waals surface area contributed by atoms with E-state index in [2.05, 4.69) is 15.1 Å². The lowest BCUT2D eigenvalue weighted by atomic mass is 9.81. The van der Waals surface area contributed by atoms with Crippen LogP contribution >= 0.6 is 0 Å². The van der Waals surface area contributed by atoms with E-state index in [1.165, 1.54) is 0 Å². The highest BCUT2D eigenvalue weighted by atomic mass is 32.2. The van der Waals surface area contributed by atoms with Gasteiger partial charge in [-0.2, -0.15) is 5.10 Å². The summed E-state index contributed by atoms with van der Waals surface area (Å²) in [7, 11) is 0. The predicted molar refractivity (Wildman–Crippen MR) is 154 cm³/mol. The van der Waals surface area contributed by atoms with Crippen molar-refractivity contribution in [3.05, 3.63) is 29.7 Å². The van der Waals surface area contributed by atoms with Crippen LogP contribution in [0.5, 0.6) is 0 Å². The van der Waals surface area contributed by atoms with Crippen LogP contribution in [0.3, 0.4) is 0 Å². The van der Waals surface area contributed by atoms with E-state index in [0.717, 1.165) is 38.0 Å². The van der Waals surface area contributed by atoms with Crippen LogP contribution in [0.15, 0.2) is 18.5 Å². The maximum Gasteiger partial charge on any atom is 0.408 e. The zero-order valence-electron chi connectivity index (χ0n) is 25.0. The van der Waals surface area contributed by atoms with Gasteiger partial charge < -0.3 is 19.3 Å². The van der Waals surface area contributed by atoms with Gasteiger partial charge in [-0.1, -0.05) is 0 Å². The fraction of sp³-hybridized carbons (Fsp3) is 0.759. The van der Waals surface area contributed by atoms with Crippen LogP contribution in [-0.2, 0) is 20.8 Å². The molecule has 3 atom stereocenters. The molecule has 0 bridgehead atoms. The van der Waals surface area contributed by atoms with Crippen LogP contribution in [0.1, 0.15) is 110 Å². The number of carbonyl (C=O) groups is 1. The number of nitrogens with one attached hydrogen (secondary N) is 2. The third-order valence-corrected chi connectivity index (χ3v) is 9.31. The summed E-state index contributed by atoms with van der Waals surface area (Å²) in [6.07, 6.45) is 5.62. The molecule has 1 aliphatic heterocycles.